The molecule has 1 atom stereocenters. The van der Waals surface area contributed by atoms with Crippen LogP contribution in [0.1, 0.15) is 28.7 Å². The van der Waals surface area contributed by atoms with E-state index in [1.807, 2.05) is 48.7 Å². The zero-order chi connectivity index (χ0) is 22.0. The molecule has 0 spiro atoms. The number of amidine groups is 2. The summed E-state index contributed by atoms with van der Waals surface area (Å²) in [5.41, 5.74) is 8.64. The fraction of sp³-hybridized carbons (Fsp3) is 0.174. The van der Waals surface area contributed by atoms with E-state index in [4.69, 9.17) is 16.4 Å². The van der Waals surface area contributed by atoms with E-state index in [1.54, 1.807) is 39.0 Å². The van der Waals surface area contributed by atoms with E-state index >= 15 is 0 Å². The van der Waals surface area contributed by atoms with Gasteiger partial charge in [0.15, 0.2) is 0 Å². The second-order valence-electron chi connectivity index (χ2n) is 7.17. The van der Waals surface area contributed by atoms with Gasteiger partial charge in [-0.25, -0.2) is 9.56 Å². The highest BCUT2D eigenvalue weighted by Gasteiger charge is 2.34. The monoisotopic (exact) mass is 429 g/mol. The van der Waals surface area contributed by atoms with Gasteiger partial charge in [-0.2, -0.15) is 10.7 Å². The van der Waals surface area contributed by atoms with Crippen molar-refractivity contribution < 1.29 is 9.37 Å². The summed E-state index contributed by atoms with van der Waals surface area (Å²) in [4.78, 5) is 20.2. The first-order valence-electron chi connectivity index (χ1n) is 9.80. The Bertz CT molecular complexity index is 1210. The Morgan fingerprint density at radius 2 is 2.03 bits per heavy atom. The fourth-order valence-electron chi connectivity index (χ4n) is 3.59. The Morgan fingerprint density at radius 1 is 1.26 bits per heavy atom. The van der Waals surface area contributed by atoms with Crippen LogP contribution in [0.5, 0.6) is 0 Å². The van der Waals surface area contributed by atoms with Gasteiger partial charge in [-0.15, -0.1) is 11.3 Å². The third-order valence-electron chi connectivity index (χ3n) is 5.35. The minimum Gasteiger partial charge on any atom is -0.323 e. The predicted molar refractivity (Wildman–Crippen MR) is 120 cm³/mol. The minimum atomic E-state index is -0.377. The van der Waals surface area contributed by atoms with Crippen molar-refractivity contribution in [2.75, 3.05) is 13.1 Å². The molecule has 1 aliphatic heterocycles. The lowest BCUT2D eigenvalue weighted by atomic mass is 10.1. The van der Waals surface area contributed by atoms with Crippen LogP contribution in [0.2, 0.25) is 0 Å². The normalized spacial score (nSPS) is 16.1. The molecule has 3 aromatic rings. The van der Waals surface area contributed by atoms with E-state index in [-0.39, 0.29) is 23.5 Å². The van der Waals surface area contributed by atoms with Crippen molar-refractivity contribution in [3.63, 3.8) is 0 Å². The zero-order valence-corrected chi connectivity index (χ0v) is 17.8. The predicted octanol–water partition coefficient (Wildman–Crippen LogP) is 2.92. The molecule has 0 radical (unpaired) electrons. The molecule has 0 aliphatic carbocycles. The first-order valence-corrected chi connectivity index (χ1v) is 10.7. The number of thiophene rings is 1. The van der Waals surface area contributed by atoms with Crippen molar-refractivity contribution in [1.82, 2.24) is 9.88 Å². The molecule has 3 N–H and O–H groups in total. The number of nitrogens with one attached hydrogen (secondary N) is 1. The molecule has 1 aromatic carbocycles. The third kappa shape index (κ3) is 3.96. The van der Waals surface area contributed by atoms with Gasteiger partial charge in [-0.05, 0) is 48.2 Å². The van der Waals surface area contributed by atoms with Gasteiger partial charge >= 0.3 is 0 Å². The fourth-order valence-corrected chi connectivity index (χ4v) is 4.32. The number of carbonyl (C=O) groups is 1. The van der Waals surface area contributed by atoms with E-state index in [9.17, 15) is 4.79 Å². The van der Waals surface area contributed by atoms with E-state index in [0.717, 1.165) is 10.4 Å². The zero-order valence-electron chi connectivity index (χ0n) is 16.9. The Hall–Kier alpha value is -3.83. The minimum absolute atomic E-state index is 0.0936. The quantitative estimate of drug-likeness (QED) is 0.379. The molecule has 0 fully saturated rings. The highest BCUT2D eigenvalue weighted by molar-refractivity contribution is 7.13. The van der Waals surface area contributed by atoms with Gasteiger partial charge in [0.05, 0.1) is 13.1 Å². The number of pyridine rings is 1. The number of hydrogen-bond acceptors (Lipinski definition) is 6. The Balaban J connectivity index is 1.54. The first-order chi connectivity index (χ1) is 15.0. The molecule has 1 aliphatic rings. The van der Waals surface area contributed by atoms with Gasteiger partial charge in [-0.1, -0.05) is 24.3 Å². The van der Waals surface area contributed by atoms with Crippen LogP contribution in [0.4, 0.5) is 0 Å². The summed E-state index contributed by atoms with van der Waals surface area (Å²) in [5, 5.41) is 19.6. The van der Waals surface area contributed by atoms with Crippen molar-refractivity contribution in [1.29, 1.82) is 10.7 Å². The summed E-state index contributed by atoms with van der Waals surface area (Å²) in [6, 6.07) is 18.2. The van der Waals surface area contributed by atoms with Crippen LogP contribution in [0.15, 0.2) is 60.0 Å². The van der Waals surface area contributed by atoms with Gasteiger partial charge in [-0.3, -0.25) is 4.79 Å². The van der Waals surface area contributed by atoms with Crippen LogP contribution in [0.25, 0.3) is 10.4 Å². The molecule has 7 nitrogen and oxygen atoms in total. The molecular weight excluding hydrogens is 408 g/mol. The summed E-state index contributed by atoms with van der Waals surface area (Å²) in [5.74, 6) is 0.432. The number of nitriles is 1. The van der Waals surface area contributed by atoms with Crippen molar-refractivity contribution in [2.24, 2.45) is 5.73 Å². The van der Waals surface area contributed by atoms with Gasteiger partial charge in [0.1, 0.15) is 23.5 Å². The molecule has 1 unspecified atom stereocenters. The molecular formula is C23H21N6OS+. The van der Waals surface area contributed by atoms with E-state index < -0.39 is 0 Å². The molecule has 3 heterocycles. The molecule has 2 aromatic heterocycles. The molecule has 4 rings (SSSR count). The highest BCUT2D eigenvalue weighted by Crippen LogP contribution is 2.25. The Kier molecular flexibility index (Phi) is 5.60. The highest BCUT2D eigenvalue weighted by atomic mass is 32.1. The van der Waals surface area contributed by atoms with Crippen molar-refractivity contribution >= 4 is 28.9 Å². The SMILES string of the molecule is CC1C(N)=[N+](C(=N)c2cccc(C#N)n2)CCN1C(=O)c1ccc(-c2cccs2)cc1. The molecule has 31 heavy (non-hydrogen) atoms. The summed E-state index contributed by atoms with van der Waals surface area (Å²) in [6.45, 7) is 2.66. The second-order valence-corrected chi connectivity index (χ2v) is 8.12. The molecule has 1 amide bonds. The topological polar surface area (TPSA) is 110 Å². The van der Waals surface area contributed by atoms with E-state index in [2.05, 4.69) is 11.1 Å². The number of nitrogens with two attached hydrogens (primary N) is 1. The Morgan fingerprint density at radius 3 is 2.71 bits per heavy atom. The number of hydrogen-bond donors (Lipinski definition) is 2. The number of amides is 1. The Labute approximate surface area is 184 Å². The summed E-state index contributed by atoms with van der Waals surface area (Å²) < 4.78 is 1.65. The number of aromatic nitrogens is 1. The second kappa shape index (κ2) is 8.50. The smallest absolute Gasteiger partial charge is 0.280 e. The standard InChI is InChI=1S/C23H20N6OS/c1-15-21(25)29(22(26)19-5-2-4-18(14-24)27-19)12-11-28(15)23(30)17-9-7-16(8-10-17)20-6-3-13-31-20/h2-10,13,15,25-26H,11-12H2,1H3/p+1. The first kappa shape index (κ1) is 20.4. The lowest BCUT2D eigenvalue weighted by Gasteiger charge is -2.33. The number of rotatable bonds is 3. The largest absolute Gasteiger partial charge is 0.323 e. The average Bonchev–Trinajstić information content (AvgIpc) is 3.35. The van der Waals surface area contributed by atoms with Gasteiger partial charge in [0.2, 0.25) is 5.84 Å². The maximum absolute atomic E-state index is 13.1. The molecule has 8 heteroatoms. The van der Waals surface area contributed by atoms with Crippen LogP contribution in [-0.4, -0.2) is 51.2 Å². The van der Waals surface area contributed by atoms with Gasteiger partial charge in [0.25, 0.3) is 11.7 Å². The van der Waals surface area contributed by atoms with Crippen molar-refractivity contribution in [3.8, 4) is 16.5 Å². The number of benzene rings is 1. The van der Waals surface area contributed by atoms with Crippen molar-refractivity contribution in [3.05, 3.63) is 76.9 Å². The molecule has 0 saturated carbocycles. The van der Waals surface area contributed by atoms with Gasteiger partial charge in [0, 0.05) is 10.4 Å². The van der Waals surface area contributed by atoms with Crippen LogP contribution in [-0.2, 0) is 0 Å². The average molecular weight is 430 g/mol. The van der Waals surface area contributed by atoms with Crippen LogP contribution in [0, 0.1) is 16.7 Å². The van der Waals surface area contributed by atoms with Crippen molar-refractivity contribution in [2.45, 2.75) is 13.0 Å². The van der Waals surface area contributed by atoms with Crippen LogP contribution >= 0.6 is 11.3 Å². The summed E-state index contributed by atoms with van der Waals surface area (Å²) in [7, 11) is 0. The maximum atomic E-state index is 13.1. The maximum Gasteiger partial charge on any atom is 0.280 e. The number of carbonyl (C=O) groups excluding carboxylic acids is 1. The summed E-state index contributed by atoms with van der Waals surface area (Å²) in [6.07, 6.45) is 0. The van der Waals surface area contributed by atoms with Crippen LogP contribution < -0.4 is 5.73 Å². The molecule has 0 saturated heterocycles. The number of nitrogens with zero attached hydrogens (tertiary/aromatic N) is 4. The van der Waals surface area contributed by atoms with Crippen LogP contribution in [0.3, 0.4) is 0 Å². The van der Waals surface area contributed by atoms with E-state index in [0.29, 0.717) is 30.2 Å². The van der Waals surface area contributed by atoms with Gasteiger partial charge < -0.3 is 10.6 Å². The summed E-state index contributed by atoms with van der Waals surface area (Å²) >= 11 is 1.66. The lowest BCUT2D eigenvalue weighted by Crippen LogP contribution is -2.57. The lowest BCUT2D eigenvalue weighted by molar-refractivity contribution is -0.420. The van der Waals surface area contributed by atoms with E-state index in [1.165, 1.54) is 0 Å². The molecule has 154 valence electrons. The third-order valence-corrected chi connectivity index (χ3v) is 6.27. The molecule has 0 bridgehead atoms.